The molecular weight excluding hydrogens is 353 g/mol. The maximum absolute atomic E-state index is 11.9. The smallest absolute Gasteiger partial charge is 0.382 e. The number of rotatable bonds is 5. The second-order valence-corrected chi connectivity index (χ2v) is 7.48. The van der Waals surface area contributed by atoms with E-state index in [2.05, 4.69) is 19.5 Å². The van der Waals surface area contributed by atoms with Crippen molar-refractivity contribution in [3.63, 3.8) is 0 Å². The minimum atomic E-state index is -4.20. The van der Waals surface area contributed by atoms with Crippen molar-refractivity contribution >= 4 is 24.8 Å². The Kier molecular flexibility index (Phi) is 3.83. The molecule has 4 rings (SSSR count). The summed E-state index contributed by atoms with van der Waals surface area (Å²) in [5, 5.41) is 0. The molecule has 0 aliphatic carbocycles. The Balaban J connectivity index is 1.73. The van der Waals surface area contributed by atoms with Crippen LogP contribution in [0.3, 0.4) is 0 Å². The van der Waals surface area contributed by atoms with Crippen molar-refractivity contribution in [2.24, 2.45) is 0 Å². The molecule has 0 radical (unpaired) electrons. The van der Waals surface area contributed by atoms with Crippen molar-refractivity contribution in [3.05, 3.63) is 12.7 Å². The van der Waals surface area contributed by atoms with Gasteiger partial charge in [-0.15, -0.1) is 0 Å². The molecule has 2 aliphatic heterocycles. The molecule has 2 saturated heterocycles. The Hall–Kier alpha value is -1.62. The van der Waals surface area contributed by atoms with Gasteiger partial charge in [0.05, 0.1) is 12.9 Å². The van der Waals surface area contributed by atoms with E-state index in [1.165, 1.54) is 12.7 Å². The van der Waals surface area contributed by atoms with Crippen LogP contribution in [0.15, 0.2) is 12.7 Å². The summed E-state index contributed by atoms with van der Waals surface area (Å²) in [6.07, 6.45) is 1.37. The van der Waals surface area contributed by atoms with E-state index >= 15 is 0 Å². The summed E-state index contributed by atoms with van der Waals surface area (Å²) in [5.41, 5.74) is 5.88. The van der Waals surface area contributed by atoms with E-state index in [0.717, 1.165) is 7.11 Å². The van der Waals surface area contributed by atoms with Gasteiger partial charge in [-0.1, -0.05) is 6.92 Å². The number of anilines is 1. The van der Waals surface area contributed by atoms with Crippen LogP contribution in [0.5, 0.6) is 0 Å². The first-order valence-electron chi connectivity index (χ1n) is 7.70. The molecular formula is C13H18N5O6P. The van der Waals surface area contributed by atoms with Crippen molar-refractivity contribution in [2.45, 2.75) is 37.4 Å². The number of hydrogen-bond acceptors (Lipinski definition) is 9. The number of imidazole rings is 1. The number of phosphoric acid groups is 1. The molecule has 0 saturated carbocycles. The first-order valence-corrected chi connectivity index (χ1v) is 9.19. The maximum Gasteiger partial charge on any atom is 0.472 e. The van der Waals surface area contributed by atoms with Gasteiger partial charge in [0, 0.05) is 7.11 Å². The first kappa shape index (κ1) is 16.8. The van der Waals surface area contributed by atoms with Crippen LogP contribution in [-0.2, 0) is 23.1 Å². The number of nitrogens with two attached hydrogens (primary N) is 1. The summed E-state index contributed by atoms with van der Waals surface area (Å²) in [4.78, 5) is 22.0. The fourth-order valence-corrected chi connectivity index (χ4v) is 4.03. The minimum absolute atomic E-state index is 0.253. The summed E-state index contributed by atoms with van der Waals surface area (Å²) in [6, 6.07) is 0. The number of nitrogen functional groups attached to an aromatic ring is 1. The molecule has 25 heavy (non-hydrogen) atoms. The minimum Gasteiger partial charge on any atom is -0.382 e. The standard InChI is InChI=1S/C13H18N5O6P/c1-3-13-4-22-8(9(13)24-25(19,20)21-2)12(23-13)18-6-17-7-10(14)15-5-16-11(7)18/h5-6,8-9,12H,3-4H2,1-2H3,(H,19,20)(H2,14,15,16)/t8?,9?,12-,13?/m1/s1. The molecule has 0 amide bonds. The second kappa shape index (κ2) is 5.70. The third kappa shape index (κ3) is 2.47. The molecule has 0 spiro atoms. The van der Waals surface area contributed by atoms with Gasteiger partial charge in [0.25, 0.3) is 0 Å². The van der Waals surface area contributed by atoms with Crippen LogP contribution >= 0.6 is 7.82 Å². The lowest BCUT2D eigenvalue weighted by Gasteiger charge is -2.30. The zero-order valence-electron chi connectivity index (χ0n) is 13.6. The van der Waals surface area contributed by atoms with Crippen LogP contribution in [0.2, 0.25) is 0 Å². The molecule has 2 aromatic heterocycles. The lowest BCUT2D eigenvalue weighted by Crippen LogP contribution is -2.40. The molecule has 4 heterocycles. The Morgan fingerprint density at radius 1 is 1.52 bits per heavy atom. The largest absolute Gasteiger partial charge is 0.472 e. The Morgan fingerprint density at radius 3 is 3.04 bits per heavy atom. The van der Waals surface area contributed by atoms with Crippen LogP contribution in [0.1, 0.15) is 19.6 Å². The number of phosphoric ester groups is 1. The summed E-state index contributed by atoms with van der Waals surface area (Å²) in [7, 11) is -3.09. The highest BCUT2D eigenvalue weighted by Crippen LogP contribution is 2.55. The zero-order valence-corrected chi connectivity index (χ0v) is 14.5. The number of ether oxygens (including phenoxy) is 2. The van der Waals surface area contributed by atoms with Crippen molar-refractivity contribution in [3.8, 4) is 0 Å². The first-order chi connectivity index (χ1) is 11.9. The fourth-order valence-electron chi connectivity index (χ4n) is 3.35. The van der Waals surface area contributed by atoms with Crippen molar-refractivity contribution in [1.29, 1.82) is 0 Å². The topological polar surface area (TPSA) is 144 Å². The van der Waals surface area contributed by atoms with Crippen molar-refractivity contribution in [1.82, 2.24) is 19.5 Å². The van der Waals surface area contributed by atoms with Crippen LogP contribution in [0.25, 0.3) is 11.2 Å². The molecule has 2 aromatic rings. The summed E-state index contributed by atoms with van der Waals surface area (Å²) >= 11 is 0. The fraction of sp³-hybridized carbons (Fsp3) is 0.615. The maximum atomic E-state index is 11.9. The van der Waals surface area contributed by atoms with Crippen LogP contribution in [0.4, 0.5) is 5.82 Å². The van der Waals surface area contributed by atoms with E-state index in [1.807, 2.05) is 6.92 Å². The summed E-state index contributed by atoms with van der Waals surface area (Å²) in [5.74, 6) is 0.255. The molecule has 5 atom stereocenters. The lowest BCUT2D eigenvalue weighted by molar-refractivity contribution is -0.173. The van der Waals surface area contributed by atoms with E-state index in [9.17, 15) is 9.46 Å². The lowest BCUT2D eigenvalue weighted by atomic mass is 9.96. The SMILES string of the molecule is CCC12COC(C1OP(=O)(O)OC)[C@H](n1cnc3c(N)ncnc31)O2. The molecule has 3 N–H and O–H groups in total. The van der Waals surface area contributed by atoms with Gasteiger partial charge in [-0.2, -0.15) is 0 Å². The van der Waals surface area contributed by atoms with Gasteiger partial charge in [-0.05, 0) is 6.42 Å². The molecule has 2 fully saturated rings. The molecule has 2 bridgehead atoms. The van der Waals surface area contributed by atoms with Gasteiger partial charge in [0.2, 0.25) is 0 Å². The van der Waals surface area contributed by atoms with E-state index in [-0.39, 0.29) is 12.4 Å². The predicted octanol–water partition coefficient (Wildman–Crippen LogP) is 0.617. The van der Waals surface area contributed by atoms with Gasteiger partial charge < -0.3 is 20.1 Å². The third-order valence-electron chi connectivity index (χ3n) is 4.71. The molecule has 0 aromatic carbocycles. The Bertz CT molecular complexity index is 861. The van der Waals surface area contributed by atoms with Crippen LogP contribution in [-0.4, -0.2) is 55.9 Å². The highest BCUT2D eigenvalue weighted by Gasteiger charge is 2.63. The quantitative estimate of drug-likeness (QED) is 0.717. The predicted molar refractivity (Wildman–Crippen MR) is 84.3 cm³/mol. The highest BCUT2D eigenvalue weighted by molar-refractivity contribution is 7.47. The van der Waals surface area contributed by atoms with Crippen molar-refractivity contribution in [2.75, 3.05) is 19.5 Å². The molecule has 4 unspecified atom stereocenters. The number of fused-ring (bicyclic) bond motifs is 3. The Morgan fingerprint density at radius 2 is 2.32 bits per heavy atom. The van der Waals surface area contributed by atoms with E-state index in [4.69, 9.17) is 19.7 Å². The normalized spacial score (nSPS) is 33.8. The highest BCUT2D eigenvalue weighted by atomic mass is 31.2. The Labute approximate surface area is 142 Å². The van der Waals surface area contributed by atoms with Gasteiger partial charge in [0.15, 0.2) is 17.7 Å². The molecule has 136 valence electrons. The number of aromatic nitrogens is 4. The third-order valence-corrected chi connectivity index (χ3v) is 5.67. The number of hydrogen-bond donors (Lipinski definition) is 2. The molecule has 12 heteroatoms. The van der Waals surface area contributed by atoms with E-state index in [0.29, 0.717) is 17.6 Å². The zero-order chi connectivity index (χ0) is 17.8. The summed E-state index contributed by atoms with van der Waals surface area (Å²) in [6.45, 7) is 2.15. The average Bonchev–Trinajstić information content (AvgIpc) is 3.26. The van der Waals surface area contributed by atoms with Crippen LogP contribution < -0.4 is 5.73 Å². The second-order valence-electron chi connectivity index (χ2n) is 5.96. The van der Waals surface area contributed by atoms with Gasteiger partial charge >= 0.3 is 7.82 Å². The summed E-state index contributed by atoms with van der Waals surface area (Å²) < 4.78 is 35.4. The average molecular weight is 371 g/mol. The van der Waals surface area contributed by atoms with E-state index < -0.39 is 31.9 Å². The molecule has 2 aliphatic rings. The monoisotopic (exact) mass is 371 g/mol. The van der Waals surface area contributed by atoms with Gasteiger partial charge in [-0.3, -0.25) is 13.6 Å². The number of nitrogens with zero attached hydrogens (tertiary/aromatic N) is 4. The van der Waals surface area contributed by atoms with Gasteiger partial charge in [-0.25, -0.2) is 19.5 Å². The van der Waals surface area contributed by atoms with Crippen LogP contribution in [0, 0.1) is 0 Å². The van der Waals surface area contributed by atoms with Crippen molar-refractivity contribution < 1.29 is 28.0 Å². The molecule has 11 nitrogen and oxygen atoms in total. The van der Waals surface area contributed by atoms with Gasteiger partial charge in [0.1, 0.15) is 29.7 Å². The van der Waals surface area contributed by atoms with E-state index in [1.54, 1.807) is 4.57 Å².